The highest BCUT2D eigenvalue weighted by molar-refractivity contribution is 5.94. The lowest BCUT2D eigenvalue weighted by atomic mass is 10.1. The zero-order valence-electron chi connectivity index (χ0n) is 17.8. The largest absolute Gasteiger partial charge is 0.481 e. The fourth-order valence-electron chi connectivity index (χ4n) is 3.80. The van der Waals surface area contributed by atoms with E-state index in [-0.39, 0.29) is 12.7 Å². The molecule has 5 rings (SSSR count). The van der Waals surface area contributed by atoms with Gasteiger partial charge in [0, 0.05) is 30.4 Å². The number of fused-ring (bicyclic) bond motifs is 1. The molecule has 1 unspecified atom stereocenters. The van der Waals surface area contributed by atoms with Crippen molar-refractivity contribution in [2.45, 2.75) is 25.9 Å². The van der Waals surface area contributed by atoms with Crippen molar-refractivity contribution >= 4 is 17.4 Å². The lowest BCUT2D eigenvalue weighted by Gasteiger charge is -2.16. The monoisotopic (exact) mass is 432 g/mol. The van der Waals surface area contributed by atoms with E-state index in [0.29, 0.717) is 22.9 Å². The number of aromatic nitrogens is 2. The van der Waals surface area contributed by atoms with Gasteiger partial charge in [0.15, 0.2) is 23.4 Å². The second kappa shape index (κ2) is 8.74. The van der Waals surface area contributed by atoms with Gasteiger partial charge < -0.3 is 24.4 Å². The molecular weight excluding hydrogens is 408 g/mol. The molecule has 0 bridgehead atoms. The Morgan fingerprint density at radius 1 is 1.03 bits per heavy atom. The first kappa shape index (κ1) is 20.1. The summed E-state index contributed by atoms with van der Waals surface area (Å²) in [6, 6.07) is 16.7. The van der Waals surface area contributed by atoms with Gasteiger partial charge in [-0.05, 0) is 56.2 Å². The molecule has 1 aromatic heterocycles. The summed E-state index contributed by atoms with van der Waals surface area (Å²) in [6.07, 6.45) is 1.70. The first-order valence-corrected chi connectivity index (χ1v) is 10.7. The van der Waals surface area contributed by atoms with Crippen LogP contribution in [0, 0.1) is 0 Å². The van der Waals surface area contributed by atoms with Gasteiger partial charge in [-0.3, -0.25) is 4.79 Å². The number of benzene rings is 2. The van der Waals surface area contributed by atoms with Crippen molar-refractivity contribution < 1.29 is 19.0 Å². The van der Waals surface area contributed by atoms with Gasteiger partial charge in [0.2, 0.25) is 6.79 Å². The number of anilines is 2. The molecule has 0 spiro atoms. The fraction of sp³-hybridized carbons (Fsp3) is 0.292. The Morgan fingerprint density at radius 2 is 1.88 bits per heavy atom. The van der Waals surface area contributed by atoms with Gasteiger partial charge >= 0.3 is 0 Å². The minimum absolute atomic E-state index is 0.191. The third-order valence-corrected chi connectivity index (χ3v) is 5.53. The number of rotatable bonds is 6. The highest BCUT2D eigenvalue weighted by Gasteiger charge is 2.19. The van der Waals surface area contributed by atoms with Gasteiger partial charge in [-0.2, -0.15) is 0 Å². The highest BCUT2D eigenvalue weighted by atomic mass is 16.7. The van der Waals surface area contributed by atoms with E-state index in [1.165, 1.54) is 12.8 Å². The van der Waals surface area contributed by atoms with Gasteiger partial charge in [-0.25, -0.2) is 0 Å². The minimum Gasteiger partial charge on any atom is -0.481 e. The molecule has 32 heavy (non-hydrogen) atoms. The van der Waals surface area contributed by atoms with Crippen LogP contribution >= 0.6 is 0 Å². The molecule has 164 valence electrons. The van der Waals surface area contributed by atoms with Crippen LogP contribution in [0.2, 0.25) is 0 Å². The Morgan fingerprint density at radius 3 is 2.69 bits per heavy atom. The van der Waals surface area contributed by atoms with E-state index in [9.17, 15) is 4.79 Å². The van der Waals surface area contributed by atoms with Gasteiger partial charge in [-0.15, -0.1) is 10.2 Å². The summed E-state index contributed by atoms with van der Waals surface area (Å²) < 4.78 is 16.4. The molecule has 1 atom stereocenters. The van der Waals surface area contributed by atoms with Gasteiger partial charge in [0.05, 0.1) is 5.69 Å². The highest BCUT2D eigenvalue weighted by Crippen LogP contribution is 2.35. The average molecular weight is 432 g/mol. The molecule has 3 heterocycles. The van der Waals surface area contributed by atoms with Crippen molar-refractivity contribution in [3.05, 3.63) is 54.6 Å². The van der Waals surface area contributed by atoms with Crippen molar-refractivity contribution in [2.75, 3.05) is 30.1 Å². The number of hydrogen-bond donors (Lipinski definition) is 1. The van der Waals surface area contributed by atoms with Crippen molar-refractivity contribution in [3.8, 4) is 28.5 Å². The van der Waals surface area contributed by atoms with Gasteiger partial charge in [-0.1, -0.05) is 12.1 Å². The number of carbonyl (C=O) groups excluding carboxylic acids is 1. The number of ether oxygens (including phenoxy) is 3. The second-order valence-corrected chi connectivity index (χ2v) is 7.82. The Hall–Kier alpha value is -3.81. The zero-order valence-corrected chi connectivity index (χ0v) is 17.8. The number of nitrogens with zero attached hydrogens (tertiary/aromatic N) is 3. The quantitative estimate of drug-likeness (QED) is 0.633. The van der Waals surface area contributed by atoms with Crippen LogP contribution in [0.1, 0.15) is 19.8 Å². The van der Waals surface area contributed by atoms with E-state index in [2.05, 4.69) is 20.4 Å². The maximum absolute atomic E-state index is 12.7. The molecule has 2 aliphatic heterocycles. The third-order valence-electron chi connectivity index (χ3n) is 5.53. The number of nitrogens with one attached hydrogen (secondary N) is 1. The van der Waals surface area contributed by atoms with Crippen LogP contribution in [0.15, 0.2) is 54.6 Å². The molecule has 2 aromatic carbocycles. The first-order chi connectivity index (χ1) is 15.7. The molecule has 8 nitrogen and oxygen atoms in total. The molecule has 0 radical (unpaired) electrons. The molecule has 3 aromatic rings. The molecule has 1 amide bonds. The van der Waals surface area contributed by atoms with Crippen molar-refractivity contribution in [2.24, 2.45) is 0 Å². The van der Waals surface area contributed by atoms with Crippen LogP contribution in [0.3, 0.4) is 0 Å². The zero-order chi connectivity index (χ0) is 21.9. The van der Waals surface area contributed by atoms with E-state index >= 15 is 0 Å². The summed E-state index contributed by atoms with van der Waals surface area (Å²) in [4.78, 5) is 14.9. The van der Waals surface area contributed by atoms with Crippen LogP contribution in [-0.2, 0) is 4.79 Å². The Bertz CT molecular complexity index is 1110. The van der Waals surface area contributed by atoms with Crippen molar-refractivity contribution in [3.63, 3.8) is 0 Å². The van der Waals surface area contributed by atoms with Crippen LogP contribution in [0.4, 0.5) is 11.5 Å². The van der Waals surface area contributed by atoms with Gasteiger partial charge in [0.25, 0.3) is 5.91 Å². The summed E-state index contributed by atoms with van der Waals surface area (Å²) in [6.45, 7) is 3.95. The SMILES string of the molecule is CC(Oc1ccc2c(c1)OCO2)C(=O)Nc1cccc(-c2ccc(N3CCCC3)nn2)c1. The summed E-state index contributed by atoms with van der Waals surface area (Å²) in [5, 5.41) is 11.7. The van der Waals surface area contributed by atoms with Gasteiger partial charge in [0.1, 0.15) is 5.75 Å². The summed E-state index contributed by atoms with van der Waals surface area (Å²) in [7, 11) is 0. The Balaban J connectivity index is 1.23. The van der Waals surface area contributed by atoms with E-state index in [4.69, 9.17) is 14.2 Å². The molecule has 2 aliphatic rings. The molecule has 8 heteroatoms. The van der Waals surface area contributed by atoms with Crippen LogP contribution in [-0.4, -0.2) is 42.1 Å². The molecular formula is C24H24N4O4. The maximum atomic E-state index is 12.7. The number of amides is 1. The number of hydrogen-bond acceptors (Lipinski definition) is 7. The van der Waals surface area contributed by atoms with E-state index < -0.39 is 6.10 Å². The molecule has 0 saturated carbocycles. The van der Waals surface area contributed by atoms with E-state index in [1.807, 2.05) is 36.4 Å². The Labute approximate surface area is 186 Å². The van der Waals surface area contributed by atoms with E-state index in [0.717, 1.165) is 30.2 Å². The average Bonchev–Trinajstić information content (AvgIpc) is 3.51. The predicted molar refractivity (Wildman–Crippen MR) is 120 cm³/mol. The van der Waals surface area contributed by atoms with Crippen LogP contribution < -0.4 is 24.4 Å². The van der Waals surface area contributed by atoms with Crippen molar-refractivity contribution in [1.29, 1.82) is 0 Å². The summed E-state index contributed by atoms with van der Waals surface area (Å²) in [5.74, 6) is 2.47. The maximum Gasteiger partial charge on any atom is 0.265 e. The topological polar surface area (TPSA) is 85.8 Å². The molecule has 1 saturated heterocycles. The summed E-state index contributed by atoms with van der Waals surface area (Å²) in [5.41, 5.74) is 2.31. The predicted octanol–water partition coefficient (Wildman–Crippen LogP) is 3.88. The Kier molecular flexibility index (Phi) is 5.49. The lowest BCUT2D eigenvalue weighted by molar-refractivity contribution is -0.122. The molecule has 0 aliphatic carbocycles. The first-order valence-electron chi connectivity index (χ1n) is 10.7. The minimum atomic E-state index is -0.696. The smallest absolute Gasteiger partial charge is 0.265 e. The van der Waals surface area contributed by atoms with E-state index in [1.54, 1.807) is 25.1 Å². The molecule has 1 N–H and O–H groups in total. The molecule has 1 fully saturated rings. The second-order valence-electron chi connectivity index (χ2n) is 7.82. The number of carbonyl (C=O) groups is 1. The standard InChI is InChI=1S/C24H24N4O4/c1-16(32-19-7-9-21-22(14-19)31-15-30-21)24(29)25-18-6-4-5-17(13-18)20-8-10-23(27-26-20)28-11-2-3-12-28/h4-10,13-14,16H,2-3,11-12,15H2,1H3,(H,25,29). The normalized spacial score (nSPS) is 15.5. The van der Waals surface area contributed by atoms with Crippen LogP contribution in [0.25, 0.3) is 11.3 Å². The fourth-order valence-corrected chi connectivity index (χ4v) is 3.80. The van der Waals surface area contributed by atoms with Crippen LogP contribution in [0.5, 0.6) is 17.2 Å². The summed E-state index contributed by atoms with van der Waals surface area (Å²) >= 11 is 0. The van der Waals surface area contributed by atoms with Crippen molar-refractivity contribution in [1.82, 2.24) is 10.2 Å². The third kappa shape index (κ3) is 4.30. The lowest BCUT2D eigenvalue weighted by Crippen LogP contribution is -2.30.